The average molecular weight is 200 g/mol. The second-order valence-corrected chi connectivity index (χ2v) is 3.20. The van der Waals surface area contributed by atoms with Crippen LogP contribution in [0.1, 0.15) is 11.4 Å². The van der Waals surface area contributed by atoms with E-state index < -0.39 is 0 Å². The van der Waals surface area contributed by atoms with Crippen molar-refractivity contribution < 1.29 is 0 Å². The van der Waals surface area contributed by atoms with Crippen LogP contribution in [0.4, 0.5) is 5.82 Å². The largest absolute Gasteiger partial charge is 0.366 e. The highest BCUT2D eigenvalue weighted by Crippen LogP contribution is 2.04. The lowest BCUT2D eigenvalue weighted by Gasteiger charge is -2.05. The molecule has 1 N–H and O–H groups in total. The first kappa shape index (κ1) is 9.58. The minimum absolute atomic E-state index is 0.749. The maximum absolute atomic E-state index is 4.25. The molecule has 15 heavy (non-hydrogen) atoms. The molecule has 0 bridgehead atoms. The number of aryl methyl sites for hydroxylation is 1. The summed E-state index contributed by atoms with van der Waals surface area (Å²) in [6, 6.07) is 5.80. The van der Waals surface area contributed by atoms with Gasteiger partial charge in [0.1, 0.15) is 11.6 Å². The van der Waals surface area contributed by atoms with Gasteiger partial charge in [0.15, 0.2) is 0 Å². The van der Waals surface area contributed by atoms with Gasteiger partial charge in [-0.05, 0) is 30.7 Å². The van der Waals surface area contributed by atoms with Crippen LogP contribution in [0.15, 0.2) is 36.8 Å². The quantitative estimate of drug-likeness (QED) is 0.820. The minimum Gasteiger partial charge on any atom is -0.366 e. The molecular weight excluding hydrogens is 188 g/mol. The van der Waals surface area contributed by atoms with Crippen LogP contribution >= 0.6 is 0 Å². The van der Waals surface area contributed by atoms with Crippen molar-refractivity contribution in [2.24, 2.45) is 0 Å². The lowest BCUT2D eigenvalue weighted by molar-refractivity contribution is 1.02. The summed E-state index contributed by atoms with van der Waals surface area (Å²) in [5, 5.41) is 3.22. The van der Waals surface area contributed by atoms with Crippen molar-refractivity contribution in [1.29, 1.82) is 0 Å². The molecule has 0 fully saturated rings. The van der Waals surface area contributed by atoms with Crippen molar-refractivity contribution in [1.82, 2.24) is 15.0 Å². The van der Waals surface area contributed by atoms with Crippen LogP contribution in [0.5, 0.6) is 0 Å². The topological polar surface area (TPSA) is 50.7 Å². The van der Waals surface area contributed by atoms with Crippen LogP contribution in [-0.2, 0) is 6.54 Å². The zero-order valence-corrected chi connectivity index (χ0v) is 8.51. The predicted octanol–water partition coefficient (Wildman–Crippen LogP) is 1.79. The van der Waals surface area contributed by atoms with Gasteiger partial charge >= 0.3 is 0 Å². The van der Waals surface area contributed by atoms with E-state index in [-0.39, 0.29) is 0 Å². The number of rotatable bonds is 3. The van der Waals surface area contributed by atoms with Crippen molar-refractivity contribution in [2.75, 3.05) is 5.32 Å². The summed E-state index contributed by atoms with van der Waals surface area (Å²) in [7, 11) is 0. The zero-order chi connectivity index (χ0) is 10.5. The molecule has 0 aliphatic rings. The van der Waals surface area contributed by atoms with Crippen molar-refractivity contribution in [3.05, 3.63) is 48.2 Å². The summed E-state index contributed by atoms with van der Waals surface area (Å²) in [4.78, 5) is 12.2. The number of nitrogens with one attached hydrogen (secondary N) is 1. The van der Waals surface area contributed by atoms with Gasteiger partial charge in [0.2, 0.25) is 0 Å². The van der Waals surface area contributed by atoms with Gasteiger partial charge in [0.05, 0.1) is 0 Å². The van der Waals surface area contributed by atoms with E-state index in [1.54, 1.807) is 18.6 Å². The van der Waals surface area contributed by atoms with Gasteiger partial charge in [-0.3, -0.25) is 4.98 Å². The van der Waals surface area contributed by atoms with Crippen molar-refractivity contribution >= 4 is 5.82 Å². The third-order valence-corrected chi connectivity index (χ3v) is 2.00. The van der Waals surface area contributed by atoms with Crippen molar-refractivity contribution in [2.45, 2.75) is 13.5 Å². The molecule has 0 atom stereocenters. The van der Waals surface area contributed by atoms with E-state index in [1.807, 2.05) is 25.1 Å². The molecule has 76 valence electrons. The molecular formula is C11H12N4. The number of hydrogen-bond donors (Lipinski definition) is 1. The van der Waals surface area contributed by atoms with Crippen molar-refractivity contribution in [3.8, 4) is 0 Å². The summed E-state index contributed by atoms with van der Waals surface area (Å²) in [5.41, 5.74) is 1.18. The third kappa shape index (κ3) is 2.74. The first-order valence-corrected chi connectivity index (χ1v) is 4.77. The maximum atomic E-state index is 4.25. The number of hydrogen-bond acceptors (Lipinski definition) is 4. The second kappa shape index (κ2) is 4.50. The fraction of sp³-hybridized carbons (Fsp3) is 0.182. The predicted molar refractivity (Wildman–Crippen MR) is 58.3 cm³/mol. The number of pyridine rings is 1. The van der Waals surface area contributed by atoms with E-state index >= 15 is 0 Å². The van der Waals surface area contributed by atoms with Gasteiger partial charge in [-0.15, -0.1) is 0 Å². The van der Waals surface area contributed by atoms with Gasteiger partial charge in [0.25, 0.3) is 0 Å². The molecule has 0 saturated carbocycles. The Morgan fingerprint density at radius 1 is 1.13 bits per heavy atom. The molecule has 0 radical (unpaired) electrons. The highest BCUT2D eigenvalue weighted by Gasteiger charge is 1.95. The highest BCUT2D eigenvalue weighted by atomic mass is 15.0. The first-order chi connectivity index (χ1) is 7.34. The van der Waals surface area contributed by atoms with E-state index in [9.17, 15) is 0 Å². The standard InChI is InChI=1S/C11H12N4/c1-9-13-7-4-11(15-9)14-8-10-2-5-12-6-3-10/h2-7H,8H2,1H3,(H,13,14,15). The van der Waals surface area contributed by atoms with Crippen LogP contribution in [0, 0.1) is 6.92 Å². The molecule has 0 aliphatic carbocycles. The summed E-state index contributed by atoms with van der Waals surface area (Å²) >= 11 is 0. The fourth-order valence-electron chi connectivity index (χ4n) is 1.25. The summed E-state index contributed by atoms with van der Waals surface area (Å²) in [5.74, 6) is 1.62. The third-order valence-electron chi connectivity index (χ3n) is 2.00. The molecule has 0 unspecified atom stereocenters. The van der Waals surface area contributed by atoms with E-state index in [0.717, 1.165) is 18.2 Å². The molecule has 0 aromatic carbocycles. The van der Waals surface area contributed by atoms with Gasteiger partial charge in [-0.1, -0.05) is 0 Å². The van der Waals surface area contributed by atoms with E-state index in [0.29, 0.717) is 0 Å². The fourth-order valence-corrected chi connectivity index (χ4v) is 1.25. The SMILES string of the molecule is Cc1nccc(NCc2ccncc2)n1. The number of anilines is 1. The maximum Gasteiger partial charge on any atom is 0.129 e. The van der Waals surface area contributed by atoms with E-state index in [2.05, 4.69) is 20.3 Å². The van der Waals surface area contributed by atoms with Crippen LogP contribution < -0.4 is 5.32 Å². The lowest BCUT2D eigenvalue weighted by atomic mass is 10.3. The molecule has 2 rings (SSSR count). The number of aromatic nitrogens is 3. The molecule has 0 spiro atoms. The smallest absolute Gasteiger partial charge is 0.129 e. The van der Waals surface area contributed by atoms with Gasteiger partial charge in [-0.2, -0.15) is 0 Å². The van der Waals surface area contributed by atoms with E-state index in [4.69, 9.17) is 0 Å². The average Bonchev–Trinajstić information content (AvgIpc) is 2.28. The molecule has 4 nitrogen and oxygen atoms in total. The summed E-state index contributed by atoms with van der Waals surface area (Å²) < 4.78 is 0. The Morgan fingerprint density at radius 3 is 2.67 bits per heavy atom. The molecule has 2 aromatic heterocycles. The van der Waals surface area contributed by atoms with Crippen LogP contribution in [0.25, 0.3) is 0 Å². The summed E-state index contributed by atoms with van der Waals surface area (Å²) in [6.07, 6.45) is 5.31. The Bertz CT molecular complexity index is 428. The minimum atomic E-state index is 0.749. The molecule has 0 saturated heterocycles. The normalized spacial score (nSPS) is 9.93. The molecule has 0 amide bonds. The van der Waals surface area contributed by atoms with Crippen molar-refractivity contribution in [3.63, 3.8) is 0 Å². The Morgan fingerprint density at radius 2 is 1.93 bits per heavy atom. The monoisotopic (exact) mass is 200 g/mol. The van der Waals surface area contributed by atoms with Gasteiger partial charge < -0.3 is 5.32 Å². The summed E-state index contributed by atoms with van der Waals surface area (Å²) in [6.45, 7) is 2.62. The zero-order valence-electron chi connectivity index (χ0n) is 8.51. The Kier molecular flexibility index (Phi) is 2.88. The molecule has 2 heterocycles. The lowest BCUT2D eigenvalue weighted by Crippen LogP contribution is -2.02. The van der Waals surface area contributed by atoms with E-state index in [1.165, 1.54) is 5.56 Å². The molecule has 4 heteroatoms. The first-order valence-electron chi connectivity index (χ1n) is 4.77. The number of nitrogens with zero attached hydrogens (tertiary/aromatic N) is 3. The Balaban J connectivity index is 1.99. The molecule has 2 aromatic rings. The highest BCUT2D eigenvalue weighted by molar-refractivity contribution is 5.34. The van der Waals surface area contributed by atoms with Gasteiger partial charge in [-0.25, -0.2) is 9.97 Å². The Hall–Kier alpha value is -1.97. The van der Waals surface area contributed by atoms with Gasteiger partial charge in [0, 0.05) is 25.1 Å². The van der Waals surface area contributed by atoms with Crippen LogP contribution in [0.2, 0.25) is 0 Å². The van der Waals surface area contributed by atoms with Crippen LogP contribution in [-0.4, -0.2) is 15.0 Å². The molecule has 0 aliphatic heterocycles. The van der Waals surface area contributed by atoms with Crippen LogP contribution in [0.3, 0.4) is 0 Å². The Labute approximate surface area is 88.4 Å². The second-order valence-electron chi connectivity index (χ2n) is 3.20.